The van der Waals surface area contributed by atoms with Crippen molar-refractivity contribution in [3.8, 4) is 0 Å². The second-order valence-electron chi connectivity index (χ2n) is 2.04. The Morgan fingerprint density at radius 2 is 2.22 bits per heavy atom. The molecule has 0 radical (unpaired) electrons. The van der Waals surface area contributed by atoms with Crippen LogP contribution >= 0.6 is 0 Å². The summed E-state index contributed by atoms with van der Waals surface area (Å²) < 4.78 is 0. The Labute approximate surface area is 53.8 Å². The highest BCUT2D eigenvalue weighted by atomic mass is 16.4. The molecule has 0 amide bonds. The van der Waals surface area contributed by atoms with Crippen LogP contribution < -0.4 is 11.5 Å². The Bertz CT molecular complexity index is 103. The zero-order valence-corrected chi connectivity index (χ0v) is 5.37. The molecule has 5 N–H and O–H groups in total. The molecule has 0 fully saturated rings. The van der Waals surface area contributed by atoms with E-state index in [1.807, 2.05) is 0 Å². The van der Waals surface area contributed by atoms with Gasteiger partial charge in [-0.25, -0.2) is 0 Å². The Morgan fingerprint density at radius 3 is 2.22 bits per heavy atom. The summed E-state index contributed by atoms with van der Waals surface area (Å²) in [5, 5.41) is 8.38. The van der Waals surface area contributed by atoms with E-state index in [0.29, 0.717) is 0 Å². The molecule has 9 heavy (non-hydrogen) atoms. The number of carboxylic acids is 1. The smallest absolute Gasteiger partial charge is 0.309 e. The van der Waals surface area contributed by atoms with Gasteiger partial charge in [0, 0.05) is 12.6 Å². The van der Waals surface area contributed by atoms with Gasteiger partial charge < -0.3 is 16.6 Å². The van der Waals surface area contributed by atoms with Crippen LogP contribution in [0.25, 0.3) is 0 Å². The van der Waals surface area contributed by atoms with E-state index < -0.39 is 11.9 Å². The molecule has 0 aromatic rings. The standard InChI is InChI=1S/C5H12N2O2/c1-3(7)4(2-6)5(8)9/h3-4H,2,6-7H2,1H3,(H,8,9)/t3-,4+/m1/s1. The molecule has 0 aliphatic heterocycles. The van der Waals surface area contributed by atoms with Crippen LogP contribution in [-0.4, -0.2) is 23.7 Å². The SMILES string of the molecule is C[C@@H](N)[C@H](CN)C(=O)O. The predicted octanol–water partition coefficient (Wildman–Crippen LogP) is -1.01. The van der Waals surface area contributed by atoms with Gasteiger partial charge in [-0.1, -0.05) is 0 Å². The van der Waals surface area contributed by atoms with Crippen LogP contribution in [0.4, 0.5) is 0 Å². The fourth-order valence-electron chi connectivity index (χ4n) is 0.540. The van der Waals surface area contributed by atoms with E-state index in [9.17, 15) is 4.79 Å². The number of carboxylic acid groups (broad SMARTS) is 1. The predicted molar refractivity (Wildman–Crippen MR) is 33.8 cm³/mol. The fourth-order valence-corrected chi connectivity index (χ4v) is 0.540. The van der Waals surface area contributed by atoms with Gasteiger partial charge >= 0.3 is 5.97 Å². The molecule has 0 bridgehead atoms. The van der Waals surface area contributed by atoms with Crippen molar-refractivity contribution in [1.82, 2.24) is 0 Å². The van der Waals surface area contributed by atoms with Crippen LogP contribution in [0.15, 0.2) is 0 Å². The first-order chi connectivity index (χ1) is 4.09. The van der Waals surface area contributed by atoms with Gasteiger partial charge in [0.2, 0.25) is 0 Å². The number of aliphatic carboxylic acids is 1. The topological polar surface area (TPSA) is 89.3 Å². The molecule has 0 unspecified atom stereocenters. The minimum Gasteiger partial charge on any atom is -0.481 e. The molecule has 4 nitrogen and oxygen atoms in total. The van der Waals surface area contributed by atoms with Gasteiger partial charge in [0.25, 0.3) is 0 Å². The minimum atomic E-state index is -0.924. The Morgan fingerprint density at radius 1 is 1.78 bits per heavy atom. The van der Waals surface area contributed by atoms with E-state index >= 15 is 0 Å². The zero-order chi connectivity index (χ0) is 7.44. The number of carbonyl (C=O) groups is 1. The van der Waals surface area contributed by atoms with Crippen LogP contribution in [-0.2, 0) is 4.79 Å². The largest absolute Gasteiger partial charge is 0.481 e. The lowest BCUT2D eigenvalue weighted by molar-refractivity contribution is -0.141. The Balaban J connectivity index is 3.83. The molecular weight excluding hydrogens is 120 g/mol. The monoisotopic (exact) mass is 132 g/mol. The van der Waals surface area contributed by atoms with E-state index in [2.05, 4.69) is 0 Å². The minimum absolute atomic E-state index is 0.104. The first-order valence-electron chi connectivity index (χ1n) is 2.78. The second-order valence-corrected chi connectivity index (χ2v) is 2.04. The van der Waals surface area contributed by atoms with Gasteiger partial charge in [0.1, 0.15) is 0 Å². The van der Waals surface area contributed by atoms with Crippen LogP contribution in [0.1, 0.15) is 6.92 Å². The van der Waals surface area contributed by atoms with E-state index in [-0.39, 0.29) is 12.6 Å². The van der Waals surface area contributed by atoms with E-state index in [4.69, 9.17) is 16.6 Å². The highest BCUT2D eigenvalue weighted by molar-refractivity contribution is 5.71. The summed E-state index contributed by atoms with van der Waals surface area (Å²) in [7, 11) is 0. The highest BCUT2D eigenvalue weighted by Gasteiger charge is 2.18. The molecule has 0 heterocycles. The van der Waals surface area contributed by atoms with Crippen molar-refractivity contribution >= 4 is 5.97 Å². The molecule has 0 saturated carbocycles. The molecule has 0 aromatic carbocycles. The van der Waals surface area contributed by atoms with Gasteiger partial charge in [-0.3, -0.25) is 4.79 Å². The van der Waals surface area contributed by atoms with E-state index in [0.717, 1.165) is 0 Å². The third-order valence-electron chi connectivity index (χ3n) is 1.21. The zero-order valence-electron chi connectivity index (χ0n) is 5.37. The van der Waals surface area contributed by atoms with Gasteiger partial charge in [-0.2, -0.15) is 0 Å². The number of hydrogen-bond donors (Lipinski definition) is 3. The van der Waals surface area contributed by atoms with Gasteiger partial charge in [-0.05, 0) is 6.92 Å². The summed E-state index contributed by atoms with van der Waals surface area (Å²) in [6.07, 6.45) is 0. The molecular formula is C5H12N2O2. The van der Waals surface area contributed by atoms with Crippen molar-refractivity contribution in [3.63, 3.8) is 0 Å². The van der Waals surface area contributed by atoms with Crippen molar-refractivity contribution in [2.75, 3.05) is 6.54 Å². The van der Waals surface area contributed by atoms with Crippen LogP contribution in [0.3, 0.4) is 0 Å². The summed E-state index contributed by atoms with van der Waals surface area (Å²) in [6, 6.07) is -0.368. The quantitative estimate of drug-likeness (QED) is 0.459. The molecule has 0 aliphatic rings. The first-order valence-corrected chi connectivity index (χ1v) is 2.78. The molecule has 0 spiro atoms. The highest BCUT2D eigenvalue weighted by Crippen LogP contribution is 1.97. The molecule has 0 saturated heterocycles. The average molecular weight is 132 g/mol. The lowest BCUT2D eigenvalue weighted by Crippen LogP contribution is -2.38. The molecule has 4 heteroatoms. The Hall–Kier alpha value is -0.610. The van der Waals surface area contributed by atoms with Gasteiger partial charge in [0.05, 0.1) is 5.92 Å². The average Bonchev–Trinajstić information content (AvgIpc) is 1.64. The van der Waals surface area contributed by atoms with Crippen molar-refractivity contribution < 1.29 is 9.90 Å². The first kappa shape index (κ1) is 8.39. The van der Waals surface area contributed by atoms with Crippen molar-refractivity contribution in [1.29, 1.82) is 0 Å². The lowest BCUT2D eigenvalue weighted by Gasteiger charge is -2.12. The summed E-state index contributed by atoms with van der Waals surface area (Å²) >= 11 is 0. The molecule has 54 valence electrons. The van der Waals surface area contributed by atoms with Crippen LogP contribution in [0.5, 0.6) is 0 Å². The van der Waals surface area contributed by atoms with Crippen LogP contribution in [0, 0.1) is 5.92 Å². The number of hydrogen-bond acceptors (Lipinski definition) is 3. The Kier molecular flexibility index (Phi) is 3.19. The summed E-state index contributed by atoms with van der Waals surface area (Å²) in [4.78, 5) is 10.2. The second kappa shape index (κ2) is 3.42. The number of rotatable bonds is 3. The van der Waals surface area contributed by atoms with E-state index in [1.54, 1.807) is 6.92 Å². The van der Waals surface area contributed by atoms with E-state index in [1.165, 1.54) is 0 Å². The van der Waals surface area contributed by atoms with Crippen LogP contribution in [0.2, 0.25) is 0 Å². The summed E-state index contributed by atoms with van der Waals surface area (Å²) in [6.45, 7) is 1.73. The normalized spacial score (nSPS) is 16.8. The molecule has 0 aromatic heterocycles. The fraction of sp³-hybridized carbons (Fsp3) is 0.800. The van der Waals surface area contributed by atoms with Crippen molar-refractivity contribution in [3.05, 3.63) is 0 Å². The summed E-state index contributed by atoms with van der Waals surface area (Å²) in [5.74, 6) is -1.53. The number of nitrogens with two attached hydrogens (primary N) is 2. The maximum absolute atomic E-state index is 10.2. The molecule has 2 atom stereocenters. The molecule has 0 rings (SSSR count). The third kappa shape index (κ3) is 2.43. The van der Waals surface area contributed by atoms with Gasteiger partial charge in [-0.15, -0.1) is 0 Å². The van der Waals surface area contributed by atoms with Crippen molar-refractivity contribution in [2.45, 2.75) is 13.0 Å². The maximum Gasteiger partial charge on any atom is 0.309 e. The lowest BCUT2D eigenvalue weighted by atomic mass is 10.0. The molecule has 0 aliphatic carbocycles. The summed E-state index contributed by atoms with van der Waals surface area (Å²) in [5.41, 5.74) is 10.4. The van der Waals surface area contributed by atoms with Gasteiger partial charge in [0.15, 0.2) is 0 Å². The third-order valence-corrected chi connectivity index (χ3v) is 1.21. The maximum atomic E-state index is 10.2. The van der Waals surface area contributed by atoms with Crippen molar-refractivity contribution in [2.24, 2.45) is 17.4 Å².